The van der Waals surface area contributed by atoms with Gasteiger partial charge in [-0.05, 0) is 74.6 Å². The molecule has 1 aliphatic rings. The number of unbranched alkanes of at least 4 members (excludes halogenated alkanes) is 2. The molecule has 1 aliphatic heterocycles. The van der Waals surface area contributed by atoms with Gasteiger partial charge in [-0.3, -0.25) is 0 Å². The maximum atomic E-state index is 5.95. The predicted octanol–water partition coefficient (Wildman–Crippen LogP) is 6.29. The molecule has 0 bridgehead atoms. The van der Waals surface area contributed by atoms with E-state index >= 15 is 0 Å². The largest absolute Gasteiger partial charge is 0.494 e. The molecule has 3 heterocycles. The smallest absolute Gasteiger partial charge is 0.147 e. The van der Waals surface area contributed by atoms with Crippen LogP contribution < -0.4 is 4.74 Å². The molecule has 0 spiro atoms. The van der Waals surface area contributed by atoms with Crippen LogP contribution in [-0.4, -0.2) is 28.9 Å². The van der Waals surface area contributed by atoms with Gasteiger partial charge in [0.2, 0.25) is 0 Å². The number of hydrogen-bond acceptors (Lipinski definition) is 3. The molecule has 4 rings (SSSR count). The number of para-hydroxylation sites is 1. The van der Waals surface area contributed by atoms with E-state index in [0.717, 1.165) is 73.0 Å². The van der Waals surface area contributed by atoms with Crippen LogP contribution in [0.5, 0.6) is 5.75 Å². The fraction of sp³-hybridized carbons (Fsp3) is 0.296. The van der Waals surface area contributed by atoms with Crippen molar-refractivity contribution in [1.29, 1.82) is 0 Å². The van der Waals surface area contributed by atoms with Crippen molar-refractivity contribution in [3.8, 4) is 5.75 Å². The van der Waals surface area contributed by atoms with Gasteiger partial charge in [-0.1, -0.05) is 25.1 Å². The molecule has 5 heteroatoms. The average Bonchev–Trinajstić information content (AvgIpc) is 3.57. The van der Waals surface area contributed by atoms with E-state index < -0.39 is 0 Å². The number of H-pyrrole nitrogens is 2. The number of aryl methyl sites for hydroxylation is 1. The molecule has 2 N–H and O–H groups in total. The van der Waals surface area contributed by atoms with Crippen molar-refractivity contribution in [3.63, 3.8) is 0 Å². The molecule has 166 valence electrons. The monoisotopic (exact) mass is 429 g/mol. The summed E-state index contributed by atoms with van der Waals surface area (Å²) < 4.78 is 11.7. The van der Waals surface area contributed by atoms with Gasteiger partial charge >= 0.3 is 0 Å². The van der Waals surface area contributed by atoms with Crippen LogP contribution in [0.25, 0.3) is 6.08 Å². The van der Waals surface area contributed by atoms with Crippen LogP contribution in [-0.2, 0) is 11.2 Å². The first-order chi connectivity index (χ1) is 15.8. The molecular weight excluding hydrogens is 398 g/mol. The Labute approximate surface area is 189 Å². The van der Waals surface area contributed by atoms with E-state index in [-0.39, 0.29) is 0 Å². The summed E-state index contributed by atoms with van der Waals surface area (Å²) in [5.74, 6) is 1.77. The van der Waals surface area contributed by atoms with Crippen LogP contribution in [0.1, 0.15) is 49.7 Å². The summed E-state index contributed by atoms with van der Waals surface area (Å²) in [5.41, 5.74) is 5.04. The standard InChI is InChI=1S/C27H31N3O2/c1-2-17-32-27-20-25(24-13-9-16-28-24)30-26(27)19-22-15-14-21(29-22)10-5-4-8-18-31-23-11-6-3-7-12-23/h3,6-7,9,11-16,19-20,28-29H,2,4-5,8,10,17-18H2,1H3/b26-19-. The van der Waals surface area contributed by atoms with Crippen molar-refractivity contribution >= 4 is 11.8 Å². The van der Waals surface area contributed by atoms with Crippen LogP contribution in [0.4, 0.5) is 0 Å². The highest BCUT2D eigenvalue weighted by Gasteiger charge is 2.18. The summed E-state index contributed by atoms with van der Waals surface area (Å²) in [4.78, 5) is 11.5. The Morgan fingerprint density at radius 2 is 1.81 bits per heavy atom. The van der Waals surface area contributed by atoms with Gasteiger partial charge in [-0.2, -0.15) is 0 Å². The third-order valence-corrected chi connectivity index (χ3v) is 5.26. The van der Waals surface area contributed by atoms with Crippen LogP contribution in [0.2, 0.25) is 0 Å². The van der Waals surface area contributed by atoms with Crippen LogP contribution in [0, 0.1) is 0 Å². The molecule has 0 radical (unpaired) electrons. The van der Waals surface area contributed by atoms with E-state index in [9.17, 15) is 0 Å². The summed E-state index contributed by atoms with van der Waals surface area (Å²) in [5, 5.41) is 0. The number of aliphatic imine (C=N–C) groups is 1. The van der Waals surface area contributed by atoms with E-state index in [2.05, 4.69) is 35.1 Å². The maximum absolute atomic E-state index is 5.95. The van der Waals surface area contributed by atoms with Crippen molar-refractivity contribution in [3.05, 3.63) is 95.4 Å². The third-order valence-electron chi connectivity index (χ3n) is 5.26. The van der Waals surface area contributed by atoms with Crippen LogP contribution >= 0.6 is 0 Å². The fourth-order valence-corrected chi connectivity index (χ4v) is 3.61. The molecule has 0 saturated heterocycles. The summed E-state index contributed by atoms with van der Waals surface area (Å²) in [6.07, 6.45) is 11.3. The molecule has 2 aromatic heterocycles. The van der Waals surface area contributed by atoms with Crippen molar-refractivity contribution in [1.82, 2.24) is 9.97 Å². The zero-order valence-corrected chi connectivity index (χ0v) is 18.6. The van der Waals surface area contributed by atoms with E-state index in [0.29, 0.717) is 6.61 Å². The quantitative estimate of drug-likeness (QED) is 0.332. The minimum atomic E-state index is 0.681. The molecule has 0 atom stereocenters. The van der Waals surface area contributed by atoms with E-state index in [1.54, 1.807) is 0 Å². The topological polar surface area (TPSA) is 62.4 Å². The lowest BCUT2D eigenvalue weighted by atomic mass is 10.1. The minimum Gasteiger partial charge on any atom is -0.494 e. The van der Waals surface area contributed by atoms with Gasteiger partial charge in [0, 0.05) is 23.7 Å². The van der Waals surface area contributed by atoms with Gasteiger partial charge in [-0.25, -0.2) is 4.99 Å². The predicted molar refractivity (Wildman–Crippen MR) is 130 cm³/mol. The molecule has 5 nitrogen and oxygen atoms in total. The lowest BCUT2D eigenvalue weighted by molar-refractivity contribution is 0.222. The zero-order valence-electron chi connectivity index (χ0n) is 18.6. The second-order valence-corrected chi connectivity index (χ2v) is 7.88. The number of aromatic amines is 2. The van der Waals surface area contributed by atoms with Crippen LogP contribution in [0.3, 0.4) is 0 Å². The number of rotatable bonds is 12. The Morgan fingerprint density at radius 3 is 2.62 bits per heavy atom. The van der Waals surface area contributed by atoms with Crippen LogP contribution in [0.15, 0.2) is 83.3 Å². The molecule has 0 aliphatic carbocycles. The lowest BCUT2D eigenvalue weighted by Crippen LogP contribution is -1.97. The summed E-state index contributed by atoms with van der Waals surface area (Å²) in [6.45, 7) is 3.55. The van der Waals surface area contributed by atoms with Gasteiger partial charge in [0.1, 0.15) is 17.2 Å². The first-order valence-corrected chi connectivity index (χ1v) is 11.5. The highest BCUT2D eigenvalue weighted by atomic mass is 16.5. The highest BCUT2D eigenvalue weighted by Crippen LogP contribution is 2.25. The molecule has 32 heavy (non-hydrogen) atoms. The first kappa shape index (κ1) is 21.8. The number of aromatic nitrogens is 2. The SMILES string of the molecule is CCCOC1=CC(c2ccc[nH]2)=N/C1=C\c1ccc(CCCCCOc2ccccc2)[nH]1. The van der Waals surface area contributed by atoms with Gasteiger partial charge < -0.3 is 19.4 Å². The Balaban J connectivity index is 1.29. The average molecular weight is 430 g/mol. The molecular formula is C27H31N3O2. The second-order valence-electron chi connectivity index (χ2n) is 7.88. The zero-order chi connectivity index (χ0) is 22.0. The number of hydrogen-bond donors (Lipinski definition) is 2. The highest BCUT2D eigenvalue weighted by molar-refractivity contribution is 6.11. The Bertz CT molecular complexity index is 1060. The maximum Gasteiger partial charge on any atom is 0.147 e. The molecule has 0 unspecified atom stereocenters. The number of allylic oxidation sites excluding steroid dienone is 1. The fourth-order valence-electron chi connectivity index (χ4n) is 3.61. The van der Waals surface area contributed by atoms with E-state index in [1.165, 1.54) is 5.69 Å². The van der Waals surface area contributed by atoms with Gasteiger partial charge in [0.25, 0.3) is 0 Å². The van der Waals surface area contributed by atoms with Gasteiger partial charge in [0.15, 0.2) is 0 Å². The minimum absolute atomic E-state index is 0.681. The van der Waals surface area contributed by atoms with Crippen molar-refractivity contribution in [2.75, 3.05) is 13.2 Å². The lowest BCUT2D eigenvalue weighted by Gasteiger charge is -2.06. The summed E-state index contributed by atoms with van der Waals surface area (Å²) in [6, 6.07) is 18.3. The number of benzene rings is 1. The third kappa shape index (κ3) is 6.03. The molecule has 3 aromatic rings. The van der Waals surface area contributed by atoms with Crippen molar-refractivity contribution in [2.24, 2.45) is 4.99 Å². The molecule has 0 fully saturated rings. The number of ether oxygens (including phenoxy) is 2. The normalized spacial score (nSPS) is 14.5. The molecule has 0 saturated carbocycles. The Morgan fingerprint density at radius 1 is 0.906 bits per heavy atom. The Hall–Kier alpha value is -3.47. The number of nitrogens with one attached hydrogen (secondary N) is 2. The first-order valence-electron chi connectivity index (χ1n) is 11.5. The number of nitrogens with zero attached hydrogens (tertiary/aromatic N) is 1. The van der Waals surface area contributed by atoms with Crippen molar-refractivity contribution < 1.29 is 9.47 Å². The molecule has 0 amide bonds. The van der Waals surface area contributed by atoms with E-state index in [4.69, 9.17) is 14.5 Å². The van der Waals surface area contributed by atoms with Gasteiger partial charge in [0.05, 0.1) is 24.6 Å². The summed E-state index contributed by atoms with van der Waals surface area (Å²) in [7, 11) is 0. The van der Waals surface area contributed by atoms with Crippen molar-refractivity contribution in [2.45, 2.75) is 39.0 Å². The Kier molecular flexibility index (Phi) is 7.64. The van der Waals surface area contributed by atoms with Gasteiger partial charge in [-0.15, -0.1) is 0 Å². The second kappa shape index (κ2) is 11.2. The van der Waals surface area contributed by atoms with E-state index in [1.807, 2.05) is 54.7 Å². The molecule has 1 aromatic carbocycles. The summed E-state index contributed by atoms with van der Waals surface area (Å²) >= 11 is 0.